The van der Waals surface area contributed by atoms with Gasteiger partial charge in [-0.3, -0.25) is 14.4 Å². The Hall–Kier alpha value is -3.37. The second kappa shape index (κ2) is 9.47. The number of benzene rings is 2. The van der Waals surface area contributed by atoms with Gasteiger partial charge in [-0.25, -0.2) is 17.7 Å². The highest BCUT2D eigenvalue weighted by Gasteiger charge is 2.34. The summed E-state index contributed by atoms with van der Waals surface area (Å²) in [5.74, 6) is -3.31. The number of rotatable bonds is 8. The molecule has 0 bridgehead atoms. The SMILES string of the molecule is CCNc1ccc2c(c1)CC(=O)N(c1ccc(CC(=O)CS(=O)(=O)c3cccs3)cc1F)C2=O. The molecule has 0 saturated heterocycles. The van der Waals surface area contributed by atoms with Gasteiger partial charge in [0.2, 0.25) is 5.91 Å². The fourth-order valence-corrected chi connectivity index (χ4v) is 6.16. The first kappa shape index (κ1) is 23.8. The maximum absolute atomic E-state index is 14.9. The lowest BCUT2D eigenvalue weighted by molar-refractivity contribution is -0.118. The zero-order valence-electron chi connectivity index (χ0n) is 18.2. The molecule has 34 heavy (non-hydrogen) atoms. The summed E-state index contributed by atoms with van der Waals surface area (Å²) in [5.41, 5.74) is 1.72. The van der Waals surface area contributed by atoms with Crippen LogP contribution in [0.4, 0.5) is 15.8 Å². The fourth-order valence-electron chi connectivity index (χ4n) is 3.83. The van der Waals surface area contributed by atoms with Gasteiger partial charge in [-0.05, 0) is 59.8 Å². The van der Waals surface area contributed by atoms with E-state index in [1.165, 1.54) is 18.2 Å². The summed E-state index contributed by atoms with van der Waals surface area (Å²) in [5, 5.41) is 4.73. The number of nitrogens with one attached hydrogen (secondary N) is 1. The topological polar surface area (TPSA) is 101 Å². The largest absolute Gasteiger partial charge is 0.385 e. The van der Waals surface area contributed by atoms with Crippen molar-refractivity contribution >= 4 is 50.1 Å². The average molecular weight is 501 g/mol. The van der Waals surface area contributed by atoms with E-state index in [9.17, 15) is 27.2 Å². The van der Waals surface area contributed by atoms with Crippen molar-refractivity contribution < 1.29 is 27.2 Å². The second-order valence-corrected chi connectivity index (χ2v) is 11.0. The van der Waals surface area contributed by atoms with Crippen LogP contribution < -0.4 is 10.2 Å². The summed E-state index contributed by atoms with van der Waals surface area (Å²) < 4.78 is 39.6. The minimum Gasteiger partial charge on any atom is -0.385 e. The van der Waals surface area contributed by atoms with Gasteiger partial charge >= 0.3 is 0 Å². The van der Waals surface area contributed by atoms with E-state index in [0.717, 1.165) is 28.0 Å². The number of sulfone groups is 1. The molecule has 0 atom stereocenters. The average Bonchev–Trinajstić information content (AvgIpc) is 3.31. The van der Waals surface area contributed by atoms with Crippen molar-refractivity contribution in [1.82, 2.24) is 0 Å². The minimum atomic E-state index is -3.75. The molecule has 1 N–H and O–H groups in total. The van der Waals surface area contributed by atoms with Gasteiger partial charge < -0.3 is 5.32 Å². The molecule has 1 aromatic heterocycles. The number of Topliss-reactive ketones (excluding diaryl/α,β-unsaturated/α-hetero) is 1. The van der Waals surface area contributed by atoms with Crippen LogP contribution in [0.3, 0.4) is 0 Å². The molecule has 0 radical (unpaired) electrons. The molecule has 0 fully saturated rings. The van der Waals surface area contributed by atoms with Crippen molar-refractivity contribution in [2.75, 3.05) is 22.5 Å². The second-order valence-electron chi connectivity index (χ2n) is 7.81. The molecule has 1 aliphatic heterocycles. The van der Waals surface area contributed by atoms with Crippen LogP contribution in [0.25, 0.3) is 0 Å². The standard InChI is InChI=1S/C24H21FN2O5S2/c1-2-26-17-6-7-19-16(12-17)13-22(29)27(24(19)30)21-8-5-15(11-20(21)25)10-18(28)14-34(31,32)23-4-3-9-33-23/h3-9,11-12,26H,2,10,13-14H2,1H3. The molecule has 0 unspecified atom stereocenters. The van der Waals surface area contributed by atoms with Crippen LogP contribution >= 0.6 is 11.3 Å². The molecule has 2 heterocycles. The lowest BCUT2D eigenvalue weighted by Gasteiger charge is -2.27. The molecule has 3 aromatic rings. The van der Waals surface area contributed by atoms with E-state index < -0.39 is 39.0 Å². The van der Waals surface area contributed by atoms with Crippen molar-refractivity contribution in [2.45, 2.75) is 24.0 Å². The lowest BCUT2D eigenvalue weighted by Crippen LogP contribution is -2.43. The Morgan fingerprint density at radius 3 is 2.62 bits per heavy atom. The Labute approximate surface area is 200 Å². The summed E-state index contributed by atoms with van der Waals surface area (Å²) in [6, 6.07) is 11.8. The smallest absolute Gasteiger partial charge is 0.265 e. The number of nitrogens with zero attached hydrogens (tertiary/aromatic N) is 1. The zero-order chi connectivity index (χ0) is 24.5. The van der Waals surface area contributed by atoms with E-state index in [2.05, 4.69) is 5.32 Å². The summed E-state index contributed by atoms with van der Waals surface area (Å²) in [4.78, 5) is 38.8. The third-order valence-corrected chi connectivity index (χ3v) is 8.48. The number of hydrogen-bond acceptors (Lipinski definition) is 7. The monoisotopic (exact) mass is 500 g/mol. The fraction of sp³-hybridized carbons (Fsp3) is 0.208. The van der Waals surface area contributed by atoms with Crippen LogP contribution in [-0.2, 0) is 32.3 Å². The molecule has 176 valence electrons. The third kappa shape index (κ3) is 4.78. The van der Waals surface area contributed by atoms with E-state index in [-0.39, 0.29) is 28.3 Å². The highest BCUT2D eigenvalue weighted by molar-refractivity contribution is 7.94. The first-order chi connectivity index (χ1) is 16.2. The molecular formula is C24H21FN2O5S2. The number of fused-ring (bicyclic) bond motifs is 1. The number of imide groups is 1. The van der Waals surface area contributed by atoms with Crippen LogP contribution in [-0.4, -0.2) is 38.3 Å². The van der Waals surface area contributed by atoms with E-state index in [1.54, 1.807) is 29.6 Å². The van der Waals surface area contributed by atoms with Gasteiger partial charge in [0, 0.05) is 24.2 Å². The van der Waals surface area contributed by atoms with Gasteiger partial charge in [0.05, 0.1) is 12.1 Å². The van der Waals surface area contributed by atoms with E-state index >= 15 is 0 Å². The highest BCUT2D eigenvalue weighted by Crippen LogP contribution is 2.30. The van der Waals surface area contributed by atoms with Gasteiger partial charge in [0.15, 0.2) is 15.6 Å². The number of thiophene rings is 1. The zero-order valence-corrected chi connectivity index (χ0v) is 19.8. The highest BCUT2D eigenvalue weighted by atomic mass is 32.2. The predicted molar refractivity (Wildman–Crippen MR) is 128 cm³/mol. The number of carbonyl (C=O) groups is 3. The summed E-state index contributed by atoms with van der Waals surface area (Å²) in [6.07, 6.45) is -0.347. The first-order valence-electron chi connectivity index (χ1n) is 10.5. The molecule has 7 nitrogen and oxygen atoms in total. The molecule has 2 amide bonds. The first-order valence-corrected chi connectivity index (χ1v) is 13.0. The molecular weight excluding hydrogens is 479 g/mol. The number of halogens is 1. The number of amides is 2. The maximum Gasteiger partial charge on any atom is 0.265 e. The van der Waals surface area contributed by atoms with Crippen molar-refractivity contribution in [2.24, 2.45) is 0 Å². The maximum atomic E-state index is 14.9. The van der Waals surface area contributed by atoms with Gasteiger partial charge in [0.1, 0.15) is 15.8 Å². The number of hydrogen-bond donors (Lipinski definition) is 1. The molecule has 0 saturated carbocycles. The Kier molecular flexibility index (Phi) is 6.63. The van der Waals surface area contributed by atoms with Gasteiger partial charge in [0.25, 0.3) is 5.91 Å². The summed E-state index contributed by atoms with van der Waals surface area (Å²) in [6.45, 7) is 2.62. The van der Waals surface area contributed by atoms with E-state index in [1.807, 2.05) is 6.92 Å². The molecule has 4 rings (SSSR count). The summed E-state index contributed by atoms with van der Waals surface area (Å²) >= 11 is 1.02. The summed E-state index contributed by atoms with van der Waals surface area (Å²) in [7, 11) is -3.75. The quantitative estimate of drug-likeness (QED) is 0.474. The van der Waals surface area contributed by atoms with Crippen LogP contribution in [0.15, 0.2) is 58.1 Å². The predicted octanol–water partition coefficient (Wildman–Crippen LogP) is 3.63. The van der Waals surface area contributed by atoms with Crippen molar-refractivity contribution in [3.05, 3.63) is 76.4 Å². The van der Waals surface area contributed by atoms with Crippen molar-refractivity contribution in [3.63, 3.8) is 0 Å². The van der Waals surface area contributed by atoms with E-state index in [0.29, 0.717) is 17.7 Å². The molecule has 0 aliphatic carbocycles. The Bertz CT molecular complexity index is 1380. The normalized spacial score (nSPS) is 13.6. The minimum absolute atomic E-state index is 0.0550. The molecule has 2 aromatic carbocycles. The molecule has 10 heteroatoms. The van der Waals surface area contributed by atoms with Gasteiger partial charge in [-0.2, -0.15) is 0 Å². The molecule has 0 spiro atoms. The van der Waals surface area contributed by atoms with Crippen LogP contribution in [0.5, 0.6) is 0 Å². The number of carbonyl (C=O) groups excluding carboxylic acids is 3. The van der Waals surface area contributed by atoms with Crippen LogP contribution in [0, 0.1) is 5.82 Å². The van der Waals surface area contributed by atoms with Crippen molar-refractivity contribution in [1.29, 1.82) is 0 Å². The number of ketones is 1. The van der Waals surface area contributed by atoms with Gasteiger partial charge in [-0.15, -0.1) is 11.3 Å². The Balaban J connectivity index is 1.52. The Morgan fingerprint density at radius 1 is 1.15 bits per heavy atom. The molecule has 1 aliphatic rings. The van der Waals surface area contributed by atoms with E-state index in [4.69, 9.17) is 0 Å². The van der Waals surface area contributed by atoms with Gasteiger partial charge in [-0.1, -0.05) is 12.1 Å². The number of anilines is 2. The third-order valence-electron chi connectivity index (χ3n) is 5.32. The lowest BCUT2D eigenvalue weighted by atomic mass is 9.96. The van der Waals surface area contributed by atoms with Crippen molar-refractivity contribution in [3.8, 4) is 0 Å². The Morgan fingerprint density at radius 2 is 1.94 bits per heavy atom. The van der Waals surface area contributed by atoms with Crippen LogP contribution in [0.1, 0.15) is 28.4 Å². The van der Waals surface area contributed by atoms with Crippen LogP contribution in [0.2, 0.25) is 0 Å².